The highest BCUT2D eigenvalue weighted by molar-refractivity contribution is 7.54. The van der Waals surface area contributed by atoms with Crippen LogP contribution in [0.5, 0.6) is 0 Å². The third-order valence-electron chi connectivity index (χ3n) is 3.47. The average Bonchev–Trinajstić information content (AvgIpc) is 2.62. The van der Waals surface area contributed by atoms with E-state index in [-0.39, 0.29) is 6.42 Å². The zero-order chi connectivity index (χ0) is 17.6. The molecular formula is C17H18ClO5P. The minimum absolute atomic E-state index is 0.108. The van der Waals surface area contributed by atoms with Crippen molar-refractivity contribution in [1.29, 1.82) is 0 Å². The predicted molar refractivity (Wildman–Crippen MR) is 92.4 cm³/mol. The van der Waals surface area contributed by atoms with E-state index in [4.69, 9.17) is 25.4 Å². The normalized spacial score (nSPS) is 12.6. The van der Waals surface area contributed by atoms with Gasteiger partial charge in [0, 0.05) is 25.7 Å². The van der Waals surface area contributed by atoms with Crippen LogP contribution in [0.1, 0.15) is 15.9 Å². The lowest BCUT2D eigenvalue weighted by molar-refractivity contribution is 0.0385. The van der Waals surface area contributed by atoms with E-state index in [0.717, 1.165) is 0 Å². The van der Waals surface area contributed by atoms with E-state index in [1.807, 2.05) is 0 Å². The van der Waals surface area contributed by atoms with Crippen LogP contribution >= 0.6 is 19.2 Å². The Hall–Kier alpha value is -1.65. The average molecular weight is 369 g/mol. The van der Waals surface area contributed by atoms with E-state index in [0.29, 0.717) is 16.1 Å². The van der Waals surface area contributed by atoms with Crippen molar-refractivity contribution < 1.29 is 23.1 Å². The maximum Gasteiger partial charge on any atom is 0.370 e. The van der Waals surface area contributed by atoms with Crippen molar-refractivity contribution in [2.75, 3.05) is 14.2 Å². The Morgan fingerprint density at radius 3 is 2.21 bits per heavy atom. The highest BCUT2D eigenvalue weighted by Gasteiger charge is 2.38. The van der Waals surface area contributed by atoms with E-state index in [2.05, 4.69) is 0 Å². The number of ether oxygens (including phenoxy) is 1. The van der Waals surface area contributed by atoms with Crippen LogP contribution in [0.15, 0.2) is 54.6 Å². The fourth-order valence-corrected chi connectivity index (χ4v) is 3.62. The number of hydrogen-bond acceptors (Lipinski definition) is 5. The first kappa shape index (κ1) is 18.7. The lowest BCUT2D eigenvalue weighted by atomic mass is 10.1. The molecule has 0 spiro atoms. The van der Waals surface area contributed by atoms with Gasteiger partial charge in [0.15, 0.2) is 0 Å². The molecule has 0 amide bonds. The first-order valence-corrected chi connectivity index (χ1v) is 9.19. The first-order valence-electron chi connectivity index (χ1n) is 7.21. The molecular weight excluding hydrogens is 351 g/mol. The summed E-state index contributed by atoms with van der Waals surface area (Å²) in [6.45, 7) is 0. The molecule has 1 atom stereocenters. The first-order chi connectivity index (χ1) is 11.5. The van der Waals surface area contributed by atoms with Crippen LogP contribution < -0.4 is 0 Å². The van der Waals surface area contributed by atoms with Gasteiger partial charge in [-0.1, -0.05) is 48.0 Å². The monoisotopic (exact) mass is 368 g/mol. The van der Waals surface area contributed by atoms with Crippen LogP contribution in [0, 0.1) is 0 Å². The Kier molecular flexibility index (Phi) is 6.58. The van der Waals surface area contributed by atoms with Gasteiger partial charge in [0.1, 0.15) is 0 Å². The summed E-state index contributed by atoms with van der Waals surface area (Å²) >= 11 is 6.15. The standard InChI is InChI=1S/C17H18ClO5P/c1-21-24(20,22-2)16(12-14-10-6-7-11-15(14)18)23-17(19)13-8-4-3-5-9-13/h3-11,16H,12H2,1-2H3/t16-/m0/s1. The van der Waals surface area contributed by atoms with Crippen LogP contribution in [-0.4, -0.2) is 26.0 Å². The van der Waals surface area contributed by atoms with E-state index in [1.54, 1.807) is 54.6 Å². The highest BCUT2D eigenvalue weighted by atomic mass is 35.5. The van der Waals surface area contributed by atoms with E-state index < -0.39 is 19.4 Å². The summed E-state index contributed by atoms with van der Waals surface area (Å²) in [7, 11) is -1.15. The van der Waals surface area contributed by atoms with Crippen LogP contribution in [-0.2, 0) is 24.8 Å². The quantitative estimate of drug-likeness (QED) is 0.530. The van der Waals surface area contributed by atoms with Gasteiger partial charge in [-0.25, -0.2) is 4.79 Å². The van der Waals surface area contributed by atoms with E-state index in [9.17, 15) is 9.36 Å². The Balaban J connectivity index is 2.28. The highest BCUT2D eigenvalue weighted by Crippen LogP contribution is 2.53. The van der Waals surface area contributed by atoms with Crippen molar-refractivity contribution in [2.45, 2.75) is 12.3 Å². The van der Waals surface area contributed by atoms with Crippen LogP contribution in [0.3, 0.4) is 0 Å². The topological polar surface area (TPSA) is 61.8 Å². The SMILES string of the molecule is COP(=O)(OC)[C@@H](Cc1ccccc1Cl)OC(=O)c1ccccc1. The summed E-state index contributed by atoms with van der Waals surface area (Å²) in [4.78, 5) is 12.3. The fourth-order valence-electron chi connectivity index (χ4n) is 2.15. The molecule has 0 radical (unpaired) electrons. The molecule has 0 heterocycles. The molecule has 0 bridgehead atoms. The minimum Gasteiger partial charge on any atom is -0.445 e. The smallest absolute Gasteiger partial charge is 0.370 e. The van der Waals surface area contributed by atoms with E-state index >= 15 is 0 Å². The molecule has 7 heteroatoms. The second kappa shape index (κ2) is 8.45. The molecule has 2 aromatic carbocycles. The summed E-state index contributed by atoms with van der Waals surface area (Å²) < 4.78 is 28.2. The molecule has 0 saturated carbocycles. The lowest BCUT2D eigenvalue weighted by Gasteiger charge is -2.24. The Labute approximate surface area is 146 Å². The largest absolute Gasteiger partial charge is 0.445 e. The molecule has 0 fully saturated rings. The zero-order valence-electron chi connectivity index (χ0n) is 13.3. The number of rotatable bonds is 7. The lowest BCUT2D eigenvalue weighted by Crippen LogP contribution is -2.23. The van der Waals surface area contributed by atoms with Gasteiger partial charge >= 0.3 is 13.6 Å². The molecule has 0 aliphatic rings. The van der Waals surface area contributed by atoms with Gasteiger partial charge in [-0.2, -0.15) is 0 Å². The number of carbonyl (C=O) groups is 1. The summed E-state index contributed by atoms with van der Waals surface area (Å²) in [5.74, 6) is -1.72. The number of hydrogen-bond donors (Lipinski definition) is 0. The number of halogens is 1. The summed E-state index contributed by atoms with van der Waals surface area (Å²) in [6.07, 6.45) is 0.108. The molecule has 0 aliphatic carbocycles. The molecule has 2 aromatic rings. The van der Waals surface area contributed by atoms with Gasteiger partial charge < -0.3 is 13.8 Å². The van der Waals surface area contributed by atoms with Crippen molar-refractivity contribution in [1.82, 2.24) is 0 Å². The molecule has 0 unspecified atom stereocenters. The van der Waals surface area contributed by atoms with Crippen molar-refractivity contribution in [3.05, 3.63) is 70.7 Å². The second-order valence-corrected chi connectivity index (χ2v) is 7.72. The van der Waals surface area contributed by atoms with Gasteiger partial charge in [-0.05, 0) is 23.8 Å². The molecule has 5 nitrogen and oxygen atoms in total. The van der Waals surface area contributed by atoms with Gasteiger partial charge in [0.2, 0.25) is 5.85 Å². The third-order valence-corrected chi connectivity index (χ3v) is 5.85. The molecule has 128 valence electrons. The van der Waals surface area contributed by atoms with Crippen molar-refractivity contribution in [2.24, 2.45) is 0 Å². The Bertz CT molecular complexity index is 727. The van der Waals surface area contributed by atoms with Gasteiger partial charge in [0.25, 0.3) is 0 Å². The van der Waals surface area contributed by atoms with Crippen LogP contribution in [0.25, 0.3) is 0 Å². The van der Waals surface area contributed by atoms with E-state index in [1.165, 1.54) is 14.2 Å². The number of esters is 1. The summed E-state index contributed by atoms with van der Waals surface area (Å²) in [5, 5.41) is 0.483. The summed E-state index contributed by atoms with van der Waals surface area (Å²) in [6, 6.07) is 15.5. The Morgan fingerprint density at radius 2 is 1.62 bits per heavy atom. The minimum atomic E-state index is -3.65. The van der Waals surface area contributed by atoms with Gasteiger partial charge in [-0.15, -0.1) is 0 Å². The fraction of sp³-hybridized carbons (Fsp3) is 0.235. The zero-order valence-corrected chi connectivity index (χ0v) is 15.0. The van der Waals surface area contributed by atoms with Crippen LogP contribution in [0.4, 0.5) is 0 Å². The molecule has 0 saturated heterocycles. The van der Waals surface area contributed by atoms with Crippen molar-refractivity contribution >= 4 is 25.2 Å². The van der Waals surface area contributed by atoms with Gasteiger partial charge in [0.05, 0.1) is 5.56 Å². The predicted octanol–water partition coefficient (Wildman–Crippen LogP) is 4.55. The molecule has 2 rings (SSSR count). The number of benzene rings is 2. The summed E-state index contributed by atoms with van der Waals surface area (Å²) in [5.41, 5.74) is 1.03. The van der Waals surface area contributed by atoms with Crippen molar-refractivity contribution in [3.8, 4) is 0 Å². The molecule has 0 aliphatic heterocycles. The van der Waals surface area contributed by atoms with Crippen molar-refractivity contribution in [3.63, 3.8) is 0 Å². The molecule has 0 aromatic heterocycles. The van der Waals surface area contributed by atoms with Gasteiger partial charge in [-0.3, -0.25) is 4.57 Å². The Morgan fingerprint density at radius 1 is 1.04 bits per heavy atom. The molecule has 0 N–H and O–H groups in total. The maximum absolute atomic E-state index is 12.8. The maximum atomic E-state index is 12.8. The molecule has 24 heavy (non-hydrogen) atoms. The second-order valence-electron chi connectivity index (χ2n) is 4.93. The number of carbonyl (C=O) groups excluding carboxylic acids is 1. The third kappa shape index (κ3) is 4.46. The van der Waals surface area contributed by atoms with Crippen LogP contribution in [0.2, 0.25) is 5.02 Å².